The van der Waals surface area contributed by atoms with Crippen LogP contribution in [-0.4, -0.2) is 10.2 Å². The van der Waals surface area contributed by atoms with Crippen molar-refractivity contribution in [3.05, 3.63) is 66.2 Å². The Kier molecular flexibility index (Phi) is 4.38. The molecule has 19 heavy (non-hydrogen) atoms. The molecule has 0 radical (unpaired) electrons. The standard InChI is InChI=1S/C16H16BrNO/c1-16(17,12-13-8-4-2-5-9-13)15(19)18-14-10-6-3-7-11-14/h2-11H,12H2,1H3,(H,18,19). The molecule has 1 atom stereocenters. The number of hydrogen-bond acceptors (Lipinski definition) is 1. The summed E-state index contributed by atoms with van der Waals surface area (Å²) in [5.41, 5.74) is 1.94. The molecule has 2 rings (SSSR count). The highest BCUT2D eigenvalue weighted by Crippen LogP contribution is 2.25. The van der Waals surface area contributed by atoms with Gasteiger partial charge in [-0.15, -0.1) is 0 Å². The van der Waals surface area contributed by atoms with E-state index in [0.717, 1.165) is 11.3 Å². The Morgan fingerprint density at radius 2 is 1.58 bits per heavy atom. The first kappa shape index (κ1) is 13.8. The maximum absolute atomic E-state index is 12.3. The molecule has 0 aliphatic heterocycles. The molecule has 0 heterocycles. The van der Waals surface area contributed by atoms with Crippen LogP contribution in [0.3, 0.4) is 0 Å². The van der Waals surface area contributed by atoms with Crippen molar-refractivity contribution in [1.29, 1.82) is 0 Å². The number of amides is 1. The lowest BCUT2D eigenvalue weighted by molar-refractivity contribution is -0.117. The summed E-state index contributed by atoms with van der Waals surface area (Å²) in [5.74, 6) is -0.0393. The quantitative estimate of drug-likeness (QED) is 0.848. The second-order valence-electron chi connectivity index (χ2n) is 4.68. The summed E-state index contributed by atoms with van der Waals surface area (Å²) in [6.07, 6.45) is 0.645. The Labute approximate surface area is 122 Å². The van der Waals surface area contributed by atoms with Gasteiger partial charge in [-0.2, -0.15) is 0 Å². The predicted molar refractivity (Wildman–Crippen MR) is 82.5 cm³/mol. The van der Waals surface area contributed by atoms with E-state index in [4.69, 9.17) is 0 Å². The number of alkyl halides is 1. The van der Waals surface area contributed by atoms with Gasteiger partial charge in [0.05, 0.1) is 0 Å². The monoisotopic (exact) mass is 317 g/mol. The summed E-state index contributed by atoms with van der Waals surface area (Å²) in [5, 5.41) is 2.92. The molecule has 1 amide bonds. The van der Waals surface area contributed by atoms with E-state index in [9.17, 15) is 4.79 Å². The number of carbonyl (C=O) groups is 1. The second-order valence-corrected chi connectivity index (χ2v) is 6.43. The molecule has 0 aromatic heterocycles. The lowest BCUT2D eigenvalue weighted by atomic mass is 10.00. The van der Waals surface area contributed by atoms with Gasteiger partial charge in [-0.05, 0) is 31.0 Å². The largest absolute Gasteiger partial charge is 0.325 e. The van der Waals surface area contributed by atoms with Crippen LogP contribution in [-0.2, 0) is 11.2 Å². The summed E-state index contributed by atoms with van der Waals surface area (Å²) < 4.78 is -0.621. The third-order valence-corrected chi connectivity index (χ3v) is 3.52. The predicted octanol–water partition coefficient (Wildman–Crippen LogP) is 4.02. The fourth-order valence-corrected chi connectivity index (χ4v) is 2.27. The first-order valence-corrected chi connectivity index (χ1v) is 6.96. The molecule has 0 aliphatic carbocycles. The van der Waals surface area contributed by atoms with Crippen LogP contribution in [0.25, 0.3) is 0 Å². The average Bonchev–Trinajstić information content (AvgIpc) is 2.40. The highest BCUT2D eigenvalue weighted by molar-refractivity contribution is 9.10. The van der Waals surface area contributed by atoms with Crippen molar-refractivity contribution >= 4 is 27.5 Å². The maximum atomic E-state index is 12.3. The maximum Gasteiger partial charge on any atom is 0.241 e. The Hall–Kier alpha value is -1.61. The molecule has 98 valence electrons. The van der Waals surface area contributed by atoms with E-state index in [1.54, 1.807) is 0 Å². The number of rotatable bonds is 4. The van der Waals surface area contributed by atoms with Crippen LogP contribution < -0.4 is 5.32 Å². The number of carbonyl (C=O) groups excluding carboxylic acids is 1. The van der Waals surface area contributed by atoms with Gasteiger partial charge in [-0.25, -0.2) is 0 Å². The van der Waals surface area contributed by atoms with E-state index in [-0.39, 0.29) is 5.91 Å². The zero-order valence-electron chi connectivity index (χ0n) is 10.8. The average molecular weight is 318 g/mol. The Balaban J connectivity index is 2.05. The minimum atomic E-state index is -0.621. The molecule has 0 saturated carbocycles. The van der Waals surface area contributed by atoms with E-state index in [1.807, 2.05) is 67.6 Å². The first-order chi connectivity index (χ1) is 9.08. The second kappa shape index (κ2) is 6.02. The molecule has 0 bridgehead atoms. The molecule has 2 aromatic carbocycles. The molecule has 1 unspecified atom stereocenters. The van der Waals surface area contributed by atoms with Crippen LogP contribution in [0.4, 0.5) is 5.69 Å². The van der Waals surface area contributed by atoms with Crippen LogP contribution in [0.15, 0.2) is 60.7 Å². The molecule has 1 N–H and O–H groups in total. The minimum absolute atomic E-state index is 0.0393. The number of hydrogen-bond donors (Lipinski definition) is 1. The van der Waals surface area contributed by atoms with E-state index < -0.39 is 4.32 Å². The van der Waals surface area contributed by atoms with Gasteiger partial charge in [0.25, 0.3) is 0 Å². The lowest BCUT2D eigenvalue weighted by Gasteiger charge is -2.21. The van der Waals surface area contributed by atoms with Crippen molar-refractivity contribution in [2.24, 2.45) is 0 Å². The Morgan fingerprint density at radius 3 is 2.16 bits per heavy atom. The van der Waals surface area contributed by atoms with Crippen molar-refractivity contribution in [3.8, 4) is 0 Å². The molecule has 0 spiro atoms. The van der Waals surface area contributed by atoms with Gasteiger partial charge < -0.3 is 5.32 Å². The topological polar surface area (TPSA) is 29.1 Å². The lowest BCUT2D eigenvalue weighted by Crippen LogP contribution is -2.36. The molecule has 2 aromatic rings. The summed E-state index contributed by atoms with van der Waals surface area (Å²) in [6, 6.07) is 19.5. The number of anilines is 1. The van der Waals surface area contributed by atoms with Crippen LogP contribution >= 0.6 is 15.9 Å². The molecule has 3 heteroatoms. The number of benzene rings is 2. The molecule has 0 saturated heterocycles. The van der Waals surface area contributed by atoms with E-state index in [2.05, 4.69) is 21.2 Å². The van der Waals surface area contributed by atoms with E-state index in [0.29, 0.717) is 6.42 Å². The summed E-state index contributed by atoms with van der Waals surface area (Å²) in [7, 11) is 0. The number of nitrogens with one attached hydrogen (secondary N) is 1. The van der Waals surface area contributed by atoms with Gasteiger partial charge in [0.15, 0.2) is 0 Å². The van der Waals surface area contributed by atoms with Gasteiger partial charge in [-0.1, -0.05) is 64.5 Å². The van der Waals surface area contributed by atoms with Crippen molar-refractivity contribution in [2.45, 2.75) is 17.7 Å². The van der Waals surface area contributed by atoms with Crippen molar-refractivity contribution < 1.29 is 4.79 Å². The molecular weight excluding hydrogens is 302 g/mol. The third-order valence-electron chi connectivity index (χ3n) is 2.88. The van der Waals surface area contributed by atoms with Crippen LogP contribution in [0.5, 0.6) is 0 Å². The minimum Gasteiger partial charge on any atom is -0.325 e. The van der Waals surface area contributed by atoms with Crippen molar-refractivity contribution in [3.63, 3.8) is 0 Å². The first-order valence-electron chi connectivity index (χ1n) is 6.17. The van der Waals surface area contributed by atoms with Crippen LogP contribution in [0.2, 0.25) is 0 Å². The summed E-state index contributed by atoms with van der Waals surface area (Å²) in [4.78, 5) is 12.3. The van der Waals surface area contributed by atoms with Crippen LogP contribution in [0, 0.1) is 0 Å². The Morgan fingerprint density at radius 1 is 1.05 bits per heavy atom. The van der Waals surface area contributed by atoms with Crippen LogP contribution in [0.1, 0.15) is 12.5 Å². The molecular formula is C16H16BrNO. The molecule has 0 aliphatic rings. The fraction of sp³-hybridized carbons (Fsp3) is 0.188. The fourth-order valence-electron chi connectivity index (χ4n) is 1.84. The molecule has 0 fully saturated rings. The smallest absolute Gasteiger partial charge is 0.241 e. The highest BCUT2D eigenvalue weighted by Gasteiger charge is 2.30. The van der Waals surface area contributed by atoms with Crippen molar-refractivity contribution in [2.75, 3.05) is 5.32 Å². The number of para-hydroxylation sites is 1. The van der Waals surface area contributed by atoms with Gasteiger partial charge >= 0.3 is 0 Å². The summed E-state index contributed by atoms with van der Waals surface area (Å²) in [6.45, 7) is 1.89. The molecule has 2 nitrogen and oxygen atoms in total. The van der Waals surface area contributed by atoms with Gasteiger partial charge in [0, 0.05) is 5.69 Å². The van der Waals surface area contributed by atoms with Gasteiger partial charge in [0.1, 0.15) is 4.32 Å². The number of halogens is 1. The third kappa shape index (κ3) is 3.93. The van der Waals surface area contributed by atoms with Crippen molar-refractivity contribution in [1.82, 2.24) is 0 Å². The normalized spacial score (nSPS) is 13.6. The zero-order chi connectivity index (χ0) is 13.7. The Bertz CT molecular complexity index is 537. The zero-order valence-corrected chi connectivity index (χ0v) is 12.4. The summed E-state index contributed by atoms with van der Waals surface area (Å²) >= 11 is 3.53. The van der Waals surface area contributed by atoms with Gasteiger partial charge in [-0.3, -0.25) is 4.79 Å². The van der Waals surface area contributed by atoms with Gasteiger partial charge in [0.2, 0.25) is 5.91 Å². The van der Waals surface area contributed by atoms with E-state index >= 15 is 0 Å². The highest BCUT2D eigenvalue weighted by atomic mass is 79.9. The SMILES string of the molecule is CC(Br)(Cc1ccccc1)C(=O)Nc1ccccc1. The van der Waals surface area contributed by atoms with E-state index in [1.165, 1.54) is 0 Å².